The second kappa shape index (κ2) is 5.85. The fourth-order valence-electron chi connectivity index (χ4n) is 0. The Kier molecular flexibility index (Phi) is 7.87. The first-order chi connectivity index (χ1) is 4.56. The summed E-state index contributed by atoms with van der Waals surface area (Å²) in [4.78, 5) is 0. The molecular weight excluding hydrogens is 252 g/mol. The van der Waals surface area contributed by atoms with Crippen LogP contribution in [0.2, 0.25) is 0 Å². The Balaban J connectivity index is 0. The van der Waals surface area contributed by atoms with E-state index in [2.05, 4.69) is 4.52 Å². The minimum Gasteiger partial charge on any atom is -0.321 e. The van der Waals surface area contributed by atoms with Crippen molar-refractivity contribution >= 4 is 46.3 Å². The van der Waals surface area contributed by atoms with Gasteiger partial charge in [0.15, 0.2) is 0 Å². The highest BCUT2D eigenvalue weighted by atomic mass is 35.9. The molecule has 70 valence electrons. The van der Waals surface area contributed by atoms with Gasteiger partial charge in [-0.05, 0) is 33.7 Å². The van der Waals surface area contributed by atoms with E-state index >= 15 is 0 Å². The summed E-state index contributed by atoms with van der Waals surface area (Å²) in [7, 11) is 1.31. The lowest BCUT2D eigenvalue weighted by Crippen LogP contribution is -1.66. The van der Waals surface area contributed by atoms with E-state index in [1.165, 1.54) is 20.4 Å². The summed E-state index contributed by atoms with van der Waals surface area (Å²) in [5.41, 5.74) is 0. The van der Waals surface area contributed by atoms with Gasteiger partial charge in [-0.3, -0.25) is 9.13 Å². The van der Waals surface area contributed by atoms with Gasteiger partial charge in [-0.2, -0.15) is 0 Å². The van der Waals surface area contributed by atoms with Crippen LogP contribution in [0.3, 0.4) is 0 Å². The molecule has 0 heterocycles. The van der Waals surface area contributed by atoms with Crippen LogP contribution in [0.15, 0.2) is 0 Å². The molecule has 0 amide bonds. The molecule has 1 unspecified atom stereocenters. The molecule has 11 heavy (non-hydrogen) atoms. The SMILES string of the molecule is COP(C)(=O)Cl.CP(=O)(Cl)Cl. The molecule has 8 heteroatoms. The lowest BCUT2D eigenvalue weighted by molar-refractivity contribution is 0.413. The van der Waals surface area contributed by atoms with Crippen molar-refractivity contribution in [3.63, 3.8) is 0 Å². The van der Waals surface area contributed by atoms with Crippen LogP contribution in [0.4, 0.5) is 0 Å². The summed E-state index contributed by atoms with van der Waals surface area (Å²) < 4.78 is 24.1. The maximum atomic E-state index is 10.1. The van der Waals surface area contributed by atoms with E-state index in [1.807, 2.05) is 0 Å². The van der Waals surface area contributed by atoms with Crippen LogP contribution in [0.25, 0.3) is 0 Å². The lowest BCUT2D eigenvalue weighted by atomic mass is 11.8. The minimum absolute atomic E-state index is 1.27. The van der Waals surface area contributed by atoms with Gasteiger partial charge >= 0.3 is 0 Å². The zero-order valence-corrected chi connectivity index (χ0v) is 10.3. The van der Waals surface area contributed by atoms with Crippen LogP contribution in [-0.4, -0.2) is 20.4 Å². The smallest absolute Gasteiger partial charge is 0.286 e. The fraction of sp³-hybridized carbons (Fsp3) is 1.00. The molecule has 0 bridgehead atoms. The van der Waals surface area contributed by atoms with Crippen LogP contribution in [0.1, 0.15) is 0 Å². The number of hydrogen-bond donors (Lipinski definition) is 0. The summed E-state index contributed by atoms with van der Waals surface area (Å²) in [5.74, 6) is -2.69. The molecule has 0 aromatic carbocycles. The van der Waals surface area contributed by atoms with Gasteiger partial charge in [-0.1, -0.05) is 0 Å². The summed E-state index contributed by atoms with van der Waals surface area (Å²) in [6.07, 6.45) is 0. The molecular formula is C3H9Cl3O3P2. The Bertz CT molecular complexity index is 174. The third-order valence-electron chi connectivity index (χ3n) is 0.326. The van der Waals surface area contributed by atoms with Gasteiger partial charge < -0.3 is 4.52 Å². The standard InChI is InChI=1S/C2H6ClO2P.CH3Cl2OP/c1-5-6(2,3)4;1-5(2,3)4/h1-2H3;1H3. The molecule has 0 saturated carbocycles. The predicted molar refractivity (Wildman–Crippen MR) is 51.6 cm³/mol. The van der Waals surface area contributed by atoms with Crippen molar-refractivity contribution in [3.8, 4) is 0 Å². The maximum Gasteiger partial charge on any atom is 0.286 e. The molecule has 0 aliphatic rings. The van der Waals surface area contributed by atoms with E-state index in [0.29, 0.717) is 0 Å². The van der Waals surface area contributed by atoms with Gasteiger partial charge in [0.05, 0.1) is 0 Å². The quantitative estimate of drug-likeness (QED) is 0.670. The van der Waals surface area contributed by atoms with Crippen molar-refractivity contribution in [1.82, 2.24) is 0 Å². The molecule has 0 aromatic rings. The zero-order chi connectivity index (χ0) is 9.71. The molecule has 0 spiro atoms. The summed E-state index contributed by atoms with van der Waals surface area (Å²) in [5, 5.41) is 0. The van der Waals surface area contributed by atoms with E-state index in [1.54, 1.807) is 0 Å². The van der Waals surface area contributed by atoms with E-state index in [4.69, 9.17) is 33.7 Å². The molecule has 0 fully saturated rings. The van der Waals surface area contributed by atoms with Crippen LogP contribution in [0, 0.1) is 0 Å². The van der Waals surface area contributed by atoms with Gasteiger partial charge in [0, 0.05) is 20.4 Å². The first-order valence-corrected chi connectivity index (χ1v) is 9.30. The second-order valence-electron chi connectivity index (χ2n) is 1.65. The molecule has 3 nitrogen and oxygen atoms in total. The van der Waals surface area contributed by atoms with Crippen LogP contribution in [0.5, 0.6) is 0 Å². The molecule has 0 saturated heterocycles. The summed E-state index contributed by atoms with van der Waals surface area (Å²) in [6.45, 7) is -0.0586. The Morgan fingerprint density at radius 3 is 1.18 bits per heavy atom. The Morgan fingerprint density at radius 2 is 1.18 bits per heavy atom. The van der Waals surface area contributed by atoms with Crippen LogP contribution >= 0.6 is 46.3 Å². The van der Waals surface area contributed by atoms with Crippen molar-refractivity contribution in [2.45, 2.75) is 0 Å². The highest BCUT2D eigenvalue weighted by molar-refractivity contribution is 8.08. The average molecular weight is 261 g/mol. The maximum absolute atomic E-state index is 10.1. The van der Waals surface area contributed by atoms with Gasteiger partial charge in [0.1, 0.15) is 0 Å². The van der Waals surface area contributed by atoms with E-state index < -0.39 is 12.6 Å². The second-order valence-corrected chi connectivity index (χ2v) is 11.2. The fourth-order valence-corrected chi connectivity index (χ4v) is 0. The predicted octanol–water partition coefficient (Wildman–Crippen LogP) is 3.98. The topological polar surface area (TPSA) is 43.4 Å². The number of halogens is 3. The Labute approximate surface area is 80.5 Å². The van der Waals surface area contributed by atoms with Crippen molar-refractivity contribution < 1.29 is 13.7 Å². The van der Waals surface area contributed by atoms with Crippen molar-refractivity contribution in [2.24, 2.45) is 0 Å². The van der Waals surface area contributed by atoms with Gasteiger partial charge in [0.25, 0.3) is 6.72 Å². The molecule has 0 aliphatic carbocycles. The van der Waals surface area contributed by atoms with E-state index in [-0.39, 0.29) is 0 Å². The van der Waals surface area contributed by atoms with Gasteiger partial charge in [0.2, 0.25) is 5.85 Å². The highest BCUT2D eigenvalue weighted by Gasteiger charge is 2.03. The summed E-state index contributed by atoms with van der Waals surface area (Å²) in [6, 6.07) is 0. The van der Waals surface area contributed by atoms with Crippen molar-refractivity contribution in [2.75, 3.05) is 20.4 Å². The summed E-state index contributed by atoms with van der Waals surface area (Å²) >= 11 is 14.8. The van der Waals surface area contributed by atoms with Crippen LogP contribution < -0.4 is 0 Å². The Hall–Kier alpha value is 1.29. The molecule has 0 aromatic heterocycles. The highest BCUT2D eigenvalue weighted by Crippen LogP contribution is 2.52. The average Bonchev–Trinajstić information content (AvgIpc) is 1.59. The first kappa shape index (κ1) is 14.8. The van der Waals surface area contributed by atoms with Gasteiger partial charge in [-0.15, -0.1) is 0 Å². The zero-order valence-electron chi connectivity index (χ0n) is 6.25. The molecule has 0 aliphatic heterocycles. The van der Waals surface area contributed by atoms with Crippen molar-refractivity contribution in [3.05, 3.63) is 0 Å². The lowest BCUT2D eigenvalue weighted by Gasteiger charge is -1.94. The first-order valence-electron chi connectivity index (χ1n) is 2.36. The largest absolute Gasteiger partial charge is 0.321 e. The third-order valence-corrected chi connectivity index (χ3v) is 1.39. The van der Waals surface area contributed by atoms with E-state index in [0.717, 1.165) is 0 Å². The van der Waals surface area contributed by atoms with Gasteiger partial charge in [-0.25, -0.2) is 0 Å². The normalized spacial score (nSPS) is 16.2. The molecule has 0 rings (SSSR count). The van der Waals surface area contributed by atoms with E-state index in [9.17, 15) is 9.13 Å². The molecule has 0 radical (unpaired) electrons. The molecule has 0 N–H and O–H groups in total. The number of hydrogen-bond acceptors (Lipinski definition) is 3. The minimum atomic E-state index is -2.69. The third kappa shape index (κ3) is 52.9. The Morgan fingerprint density at radius 1 is 1.09 bits per heavy atom. The van der Waals surface area contributed by atoms with Crippen molar-refractivity contribution in [1.29, 1.82) is 0 Å². The number of rotatable bonds is 1. The van der Waals surface area contributed by atoms with Crippen LogP contribution in [-0.2, 0) is 13.7 Å². The molecule has 1 atom stereocenters. The monoisotopic (exact) mass is 260 g/mol.